The minimum atomic E-state index is -3.35. The quantitative estimate of drug-likeness (QED) is 0.760. The van der Waals surface area contributed by atoms with E-state index >= 15 is 0 Å². The van der Waals surface area contributed by atoms with Gasteiger partial charge in [-0.3, -0.25) is 4.72 Å². The van der Waals surface area contributed by atoms with Crippen molar-refractivity contribution in [3.63, 3.8) is 0 Å². The van der Waals surface area contributed by atoms with Crippen molar-refractivity contribution in [2.45, 2.75) is 6.42 Å². The third-order valence-electron chi connectivity index (χ3n) is 3.33. The Morgan fingerprint density at radius 1 is 1.00 bits per heavy atom. The van der Waals surface area contributed by atoms with Gasteiger partial charge in [-0.25, -0.2) is 8.42 Å². The van der Waals surface area contributed by atoms with Crippen LogP contribution in [0.25, 0.3) is 10.9 Å². The van der Waals surface area contributed by atoms with Crippen LogP contribution in [0.4, 0.5) is 5.69 Å². The predicted molar refractivity (Wildman–Crippen MR) is 85.9 cm³/mol. The summed E-state index contributed by atoms with van der Waals surface area (Å²) in [6.07, 6.45) is 2.33. The van der Waals surface area contributed by atoms with Crippen molar-refractivity contribution >= 4 is 26.6 Å². The normalized spacial score (nSPS) is 11.6. The highest BCUT2D eigenvalue weighted by Gasteiger charge is 2.11. The zero-order valence-corrected chi connectivity index (χ0v) is 12.2. The molecular weight excluding hydrogens is 284 g/mol. The molecule has 2 aromatic carbocycles. The van der Waals surface area contributed by atoms with Gasteiger partial charge in [-0.1, -0.05) is 36.4 Å². The molecule has 21 heavy (non-hydrogen) atoms. The standard InChI is InChI=1S/C16H16N2O2S/c19-21(20,11-9-13-4-2-1-3-5-13)18-15-7-6-14-8-10-17-16(14)12-15/h1-8,10,12,17-18H,9,11H2. The van der Waals surface area contributed by atoms with Gasteiger partial charge in [0.1, 0.15) is 0 Å². The average Bonchev–Trinajstić information content (AvgIpc) is 2.93. The van der Waals surface area contributed by atoms with Crippen LogP contribution in [0.1, 0.15) is 5.56 Å². The Balaban J connectivity index is 1.70. The second kappa shape index (κ2) is 5.61. The van der Waals surface area contributed by atoms with E-state index in [-0.39, 0.29) is 5.75 Å². The first kappa shape index (κ1) is 13.7. The molecular formula is C16H16N2O2S. The summed E-state index contributed by atoms with van der Waals surface area (Å²) in [5.41, 5.74) is 2.51. The molecule has 0 amide bonds. The number of anilines is 1. The SMILES string of the molecule is O=S(=O)(CCc1ccccc1)Nc1ccc2cc[nH]c2c1. The van der Waals surface area contributed by atoms with Crippen LogP contribution in [0.3, 0.4) is 0 Å². The van der Waals surface area contributed by atoms with Crippen LogP contribution in [-0.4, -0.2) is 19.2 Å². The summed E-state index contributed by atoms with van der Waals surface area (Å²) in [6, 6.07) is 17.0. The Hall–Kier alpha value is -2.27. The molecule has 0 bridgehead atoms. The molecule has 0 saturated carbocycles. The van der Waals surface area contributed by atoms with Gasteiger partial charge in [0.05, 0.1) is 11.4 Å². The summed E-state index contributed by atoms with van der Waals surface area (Å²) in [4.78, 5) is 3.07. The van der Waals surface area contributed by atoms with Crippen molar-refractivity contribution < 1.29 is 8.42 Å². The first-order chi connectivity index (χ1) is 10.1. The van der Waals surface area contributed by atoms with Gasteiger partial charge in [-0.2, -0.15) is 0 Å². The largest absolute Gasteiger partial charge is 0.361 e. The van der Waals surface area contributed by atoms with Gasteiger partial charge >= 0.3 is 0 Å². The summed E-state index contributed by atoms with van der Waals surface area (Å²) < 4.78 is 26.9. The van der Waals surface area contributed by atoms with Gasteiger partial charge < -0.3 is 4.98 Å². The predicted octanol–water partition coefficient (Wildman–Crippen LogP) is 3.15. The lowest BCUT2D eigenvalue weighted by Crippen LogP contribution is -2.18. The number of hydrogen-bond acceptors (Lipinski definition) is 2. The lowest BCUT2D eigenvalue weighted by Gasteiger charge is -2.08. The van der Waals surface area contributed by atoms with E-state index < -0.39 is 10.0 Å². The first-order valence-electron chi connectivity index (χ1n) is 6.74. The molecule has 1 heterocycles. The maximum Gasteiger partial charge on any atom is 0.233 e. The maximum atomic E-state index is 12.1. The molecule has 0 fully saturated rings. The van der Waals surface area contributed by atoms with E-state index in [0.29, 0.717) is 12.1 Å². The van der Waals surface area contributed by atoms with Crippen LogP contribution in [0.5, 0.6) is 0 Å². The maximum absolute atomic E-state index is 12.1. The van der Waals surface area contributed by atoms with Gasteiger partial charge in [0.15, 0.2) is 0 Å². The summed E-state index contributed by atoms with van der Waals surface area (Å²) >= 11 is 0. The summed E-state index contributed by atoms with van der Waals surface area (Å²) in [6.45, 7) is 0. The molecule has 0 unspecified atom stereocenters. The van der Waals surface area contributed by atoms with Crippen molar-refractivity contribution in [3.8, 4) is 0 Å². The van der Waals surface area contributed by atoms with Crippen molar-refractivity contribution in [2.75, 3.05) is 10.5 Å². The number of H-pyrrole nitrogens is 1. The van der Waals surface area contributed by atoms with Crippen molar-refractivity contribution in [1.29, 1.82) is 0 Å². The van der Waals surface area contributed by atoms with Gasteiger partial charge in [0, 0.05) is 11.7 Å². The lowest BCUT2D eigenvalue weighted by atomic mass is 10.2. The number of aromatic nitrogens is 1. The zero-order chi connectivity index (χ0) is 14.7. The van der Waals surface area contributed by atoms with E-state index in [1.54, 1.807) is 12.1 Å². The molecule has 0 aliphatic rings. The molecule has 2 N–H and O–H groups in total. The summed E-state index contributed by atoms with van der Waals surface area (Å²) in [5, 5.41) is 1.06. The lowest BCUT2D eigenvalue weighted by molar-refractivity contribution is 0.600. The Morgan fingerprint density at radius 3 is 2.62 bits per heavy atom. The fourth-order valence-corrected chi connectivity index (χ4v) is 3.33. The smallest absolute Gasteiger partial charge is 0.233 e. The fourth-order valence-electron chi connectivity index (χ4n) is 2.24. The molecule has 0 atom stereocenters. The van der Waals surface area contributed by atoms with E-state index in [4.69, 9.17) is 0 Å². The van der Waals surface area contributed by atoms with Gasteiger partial charge in [-0.15, -0.1) is 0 Å². The number of aromatic amines is 1. The minimum absolute atomic E-state index is 0.0692. The fraction of sp³-hybridized carbons (Fsp3) is 0.125. The van der Waals surface area contributed by atoms with E-state index in [1.807, 2.05) is 48.7 Å². The Labute approximate surface area is 123 Å². The molecule has 108 valence electrons. The van der Waals surface area contributed by atoms with Crippen molar-refractivity contribution in [3.05, 3.63) is 66.4 Å². The van der Waals surface area contributed by atoms with Crippen LogP contribution in [0, 0.1) is 0 Å². The van der Waals surface area contributed by atoms with Gasteiger partial charge in [0.25, 0.3) is 0 Å². The molecule has 5 heteroatoms. The molecule has 0 aliphatic carbocycles. The second-order valence-corrected chi connectivity index (χ2v) is 6.78. The topological polar surface area (TPSA) is 62.0 Å². The van der Waals surface area contributed by atoms with Crippen molar-refractivity contribution in [1.82, 2.24) is 4.98 Å². The van der Waals surface area contributed by atoms with E-state index in [0.717, 1.165) is 16.5 Å². The van der Waals surface area contributed by atoms with Crippen LogP contribution >= 0.6 is 0 Å². The van der Waals surface area contributed by atoms with Crippen LogP contribution in [0.15, 0.2) is 60.8 Å². The number of hydrogen-bond donors (Lipinski definition) is 2. The number of fused-ring (bicyclic) bond motifs is 1. The van der Waals surface area contributed by atoms with Crippen LogP contribution < -0.4 is 4.72 Å². The highest BCUT2D eigenvalue weighted by Crippen LogP contribution is 2.18. The molecule has 4 nitrogen and oxygen atoms in total. The Morgan fingerprint density at radius 2 is 1.81 bits per heavy atom. The minimum Gasteiger partial charge on any atom is -0.361 e. The number of aryl methyl sites for hydroxylation is 1. The summed E-state index contributed by atoms with van der Waals surface area (Å²) in [5.74, 6) is 0.0692. The van der Waals surface area contributed by atoms with Crippen LogP contribution in [0.2, 0.25) is 0 Å². The highest BCUT2D eigenvalue weighted by molar-refractivity contribution is 7.92. The Kier molecular flexibility index (Phi) is 3.66. The number of rotatable bonds is 5. The van der Waals surface area contributed by atoms with Gasteiger partial charge in [-0.05, 0) is 35.6 Å². The second-order valence-electron chi connectivity index (χ2n) is 4.94. The van der Waals surface area contributed by atoms with Crippen molar-refractivity contribution in [2.24, 2.45) is 0 Å². The highest BCUT2D eigenvalue weighted by atomic mass is 32.2. The molecule has 1 aromatic heterocycles. The molecule has 3 rings (SSSR count). The van der Waals surface area contributed by atoms with Gasteiger partial charge in [0.2, 0.25) is 10.0 Å². The number of sulfonamides is 1. The first-order valence-corrected chi connectivity index (χ1v) is 8.39. The molecule has 0 radical (unpaired) electrons. The number of benzene rings is 2. The van der Waals surface area contributed by atoms with E-state index in [2.05, 4.69) is 9.71 Å². The molecule has 0 spiro atoms. The average molecular weight is 300 g/mol. The third-order valence-corrected chi connectivity index (χ3v) is 4.62. The third kappa shape index (κ3) is 3.44. The molecule has 3 aromatic rings. The zero-order valence-electron chi connectivity index (χ0n) is 11.4. The summed E-state index contributed by atoms with van der Waals surface area (Å²) in [7, 11) is -3.35. The molecule has 0 aliphatic heterocycles. The van der Waals surface area contributed by atoms with E-state index in [1.165, 1.54) is 0 Å². The van der Waals surface area contributed by atoms with Crippen LogP contribution in [-0.2, 0) is 16.4 Å². The Bertz CT molecular complexity index is 839. The molecule has 0 saturated heterocycles. The number of nitrogens with one attached hydrogen (secondary N) is 2. The van der Waals surface area contributed by atoms with E-state index in [9.17, 15) is 8.42 Å². The monoisotopic (exact) mass is 300 g/mol.